The van der Waals surface area contributed by atoms with Gasteiger partial charge in [-0.05, 0) is 29.8 Å². The van der Waals surface area contributed by atoms with Gasteiger partial charge in [0.15, 0.2) is 0 Å². The zero-order valence-corrected chi connectivity index (χ0v) is 13.2. The summed E-state index contributed by atoms with van der Waals surface area (Å²) < 4.78 is 0.903. The minimum absolute atomic E-state index is 0.304. The van der Waals surface area contributed by atoms with Gasteiger partial charge in [0.25, 0.3) is 0 Å². The predicted octanol–water partition coefficient (Wildman–Crippen LogP) is 3.31. The van der Waals surface area contributed by atoms with Crippen molar-refractivity contribution >= 4 is 21.7 Å². The molecule has 0 amide bonds. The molecule has 2 aromatic rings. The van der Waals surface area contributed by atoms with E-state index in [-0.39, 0.29) is 0 Å². The lowest BCUT2D eigenvalue weighted by molar-refractivity contribution is 0.763. The first-order chi connectivity index (χ1) is 8.97. The number of anilines is 1. The van der Waals surface area contributed by atoms with Crippen LogP contribution in [0.1, 0.15) is 42.8 Å². The molecule has 0 spiro atoms. The molecule has 2 rings (SSSR count). The second kappa shape index (κ2) is 5.69. The molecule has 19 heavy (non-hydrogen) atoms. The molecule has 0 aliphatic rings. The number of hydrogen-bond donors (Lipinski definition) is 2. The van der Waals surface area contributed by atoms with Crippen molar-refractivity contribution in [1.82, 2.24) is 19.9 Å². The van der Waals surface area contributed by atoms with Crippen LogP contribution in [-0.4, -0.2) is 19.9 Å². The summed E-state index contributed by atoms with van der Waals surface area (Å²) in [6.07, 6.45) is 1.82. The van der Waals surface area contributed by atoms with Crippen LogP contribution < -0.4 is 5.32 Å². The molecule has 0 saturated carbocycles. The second-order valence-corrected chi connectivity index (χ2v) is 5.64. The Labute approximate surface area is 121 Å². The second-order valence-electron chi connectivity index (χ2n) is 4.85. The smallest absolute Gasteiger partial charge is 0.144 e. The Morgan fingerprint density at radius 2 is 2.05 bits per heavy atom. The van der Waals surface area contributed by atoms with Crippen molar-refractivity contribution in [3.63, 3.8) is 0 Å². The summed E-state index contributed by atoms with van der Waals surface area (Å²) in [7, 11) is 0. The van der Waals surface area contributed by atoms with E-state index in [2.05, 4.69) is 55.0 Å². The summed E-state index contributed by atoms with van der Waals surface area (Å²) in [4.78, 5) is 16.5. The number of H-pyrrole nitrogens is 1. The molecule has 0 aliphatic carbocycles. The molecule has 0 saturated heterocycles. The van der Waals surface area contributed by atoms with Crippen LogP contribution in [-0.2, 0) is 6.54 Å². The lowest BCUT2D eigenvalue weighted by Crippen LogP contribution is -2.08. The van der Waals surface area contributed by atoms with E-state index in [1.807, 2.05) is 20.0 Å². The van der Waals surface area contributed by atoms with Gasteiger partial charge in [0.2, 0.25) is 0 Å². The summed E-state index contributed by atoms with van der Waals surface area (Å²) >= 11 is 3.52. The van der Waals surface area contributed by atoms with Crippen molar-refractivity contribution in [3.05, 3.63) is 33.7 Å². The van der Waals surface area contributed by atoms with Crippen LogP contribution in [0.25, 0.3) is 0 Å². The van der Waals surface area contributed by atoms with Crippen LogP contribution in [0.5, 0.6) is 0 Å². The minimum Gasteiger partial charge on any atom is -0.362 e. The summed E-state index contributed by atoms with van der Waals surface area (Å²) in [6.45, 7) is 8.74. The highest BCUT2D eigenvalue weighted by Gasteiger charge is 2.11. The molecule has 0 aromatic carbocycles. The first-order valence-electron chi connectivity index (χ1n) is 6.25. The van der Waals surface area contributed by atoms with Gasteiger partial charge in [-0.25, -0.2) is 15.0 Å². The summed E-state index contributed by atoms with van der Waals surface area (Å²) in [5, 5.41) is 3.29. The number of halogens is 1. The highest BCUT2D eigenvalue weighted by molar-refractivity contribution is 9.10. The van der Waals surface area contributed by atoms with Gasteiger partial charge in [-0.2, -0.15) is 0 Å². The monoisotopic (exact) mass is 323 g/mol. The van der Waals surface area contributed by atoms with Gasteiger partial charge in [-0.15, -0.1) is 0 Å². The van der Waals surface area contributed by atoms with Crippen LogP contribution in [0.4, 0.5) is 5.82 Å². The lowest BCUT2D eigenvalue weighted by Gasteiger charge is -2.12. The topological polar surface area (TPSA) is 66.5 Å². The number of aromatic amines is 1. The Balaban J connectivity index is 2.19. The van der Waals surface area contributed by atoms with E-state index in [0.29, 0.717) is 12.5 Å². The molecule has 6 heteroatoms. The molecule has 0 radical (unpaired) electrons. The predicted molar refractivity (Wildman–Crippen MR) is 79.2 cm³/mol. The number of rotatable bonds is 4. The maximum absolute atomic E-state index is 4.54. The van der Waals surface area contributed by atoms with Gasteiger partial charge in [-0.3, -0.25) is 0 Å². The third-order valence-corrected chi connectivity index (χ3v) is 3.68. The molecule has 2 heterocycles. The molecule has 5 nitrogen and oxygen atoms in total. The first-order valence-corrected chi connectivity index (χ1v) is 7.05. The minimum atomic E-state index is 0.304. The molecule has 2 N–H and O–H groups in total. The fourth-order valence-electron chi connectivity index (χ4n) is 1.68. The maximum Gasteiger partial charge on any atom is 0.144 e. The SMILES string of the molecule is Cc1cnc(CNc2nc(C(C)C)nc(C)c2Br)[nH]1. The Morgan fingerprint density at radius 1 is 1.32 bits per heavy atom. The van der Waals surface area contributed by atoms with Crippen molar-refractivity contribution in [2.45, 2.75) is 40.2 Å². The molecule has 0 atom stereocenters. The Kier molecular flexibility index (Phi) is 4.19. The molecule has 0 fully saturated rings. The van der Waals surface area contributed by atoms with E-state index in [0.717, 1.165) is 33.3 Å². The number of aryl methyl sites for hydroxylation is 2. The van der Waals surface area contributed by atoms with Gasteiger partial charge < -0.3 is 10.3 Å². The van der Waals surface area contributed by atoms with Crippen molar-refractivity contribution in [2.24, 2.45) is 0 Å². The Bertz CT molecular complexity index is 576. The van der Waals surface area contributed by atoms with Crippen molar-refractivity contribution in [2.75, 3.05) is 5.32 Å². The highest BCUT2D eigenvalue weighted by atomic mass is 79.9. The molecule has 0 unspecified atom stereocenters. The van der Waals surface area contributed by atoms with Gasteiger partial charge in [0, 0.05) is 17.8 Å². The number of aromatic nitrogens is 4. The van der Waals surface area contributed by atoms with Crippen molar-refractivity contribution in [3.8, 4) is 0 Å². The van der Waals surface area contributed by atoms with Gasteiger partial charge >= 0.3 is 0 Å². The Morgan fingerprint density at radius 3 is 2.63 bits per heavy atom. The normalized spacial score (nSPS) is 11.1. The molecular formula is C13H18BrN5. The molecule has 102 valence electrons. The number of nitrogens with zero attached hydrogens (tertiary/aromatic N) is 3. The zero-order valence-electron chi connectivity index (χ0n) is 11.6. The average molecular weight is 324 g/mol. The van der Waals surface area contributed by atoms with E-state index in [4.69, 9.17) is 0 Å². The van der Waals surface area contributed by atoms with E-state index in [9.17, 15) is 0 Å². The zero-order chi connectivity index (χ0) is 14.0. The molecule has 0 bridgehead atoms. The quantitative estimate of drug-likeness (QED) is 0.905. The van der Waals surface area contributed by atoms with E-state index in [1.54, 1.807) is 0 Å². The third kappa shape index (κ3) is 3.32. The first kappa shape index (κ1) is 14.0. The molecule has 0 aliphatic heterocycles. The molecular weight excluding hydrogens is 306 g/mol. The van der Waals surface area contributed by atoms with Gasteiger partial charge in [0.05, 0.1) is 16.7 Å². The number of hydrogen-bond acceptors (Lipinski definition) is 4. The van der Waals surface area contributed by atoms with Crippen molar-refractivity contribution < 1.29 is 0 Å². The lowest BCUT2D eigenvalue weighted by atomic mass is 10.2. The van der Waals surface area contributed by atoms with Crippen LogP contribution >= 0.6 is 15.9 Å². The van der Waals surface area contributed by atoms with Gasteiger partial charge in [-0.1, -0.05) is 13.8 Å². The van der Waals surface area contributed by atoms with Crippen LogP contribution in [0, 0.1) is 13.8 Å². The van der Waals surface area contributed by atoms with E-state index >= 15 is 0 Å². The molecule has 2 aromatic heterocycles. The van der Waals surface area contributed by atoms with Crippen LogP contribution in [0.15, 0.2) is 10.7 Å². The number of nitrogens with one attached hydrogen (secondary N) is 2. The summed E-state index contributed by atoms with van der Waals surface area (Å²) in [5.74, 6) is 2.86. The van der Waals surface area contributed by atoms with Crippen LogP contribution in [0.2, 0.25) is 0 Å². The average Bonchev–Trinajstić information content (AvgIpc) is 2.76. The van der Waals surface area contributed by atoms with Crippen molar-refractivity contribution in [1.29, 1.82) is 0 Å². The number of imidazole rings is 1. The summed E-state index contributed by atoms with van der Waals surface area (Å²) in [6, 6.07) is 0. The Hall–Kier alpha value is -1.43. The van der Waals surface area contributed by atoms with Gasteiger partial charge in [0.1, 0.15) is 17.5 Å². The summed E-state index contributed by atoms with van der Waals surface area (Å²) in [5.41, 5.74) is 1.99. The van der Waals surface area contributed by atoms with Crippen LogP contribution in [0.3, 0.4) is 0 Å². The highest BCUT2D eigenvalue weighted by Crippen LogP contribution is 2.25. The standard InChI is InChI=1S/C13H18BrN5/c1-7(2)12-18-9(4)11(14)13(19-12)16-6-10-15-5-8(3)17-10/h5,7H,6H2,1-4H3,(H,15,17)(H,16,18,19). The van der Waals surface area contributed by atoms with E-state index < -0.39 is 0 Å². The largest absolute Gasteiger partial charge is 0.362 e. The fraction of sp³-hybridized carbons (Fsp3) is 0.462. The maximum atomic E-state index is 4.54. The third-order valence-electron chi connectivity index (χ3n) is 2.73. The van der Waals surface area contributed by atoms with E-state index in [1.165, 1.54) is 0 Å². The fourth-order valence-corrected chi connectivity index (χ4v) is 2.00.